The summed E-state index contributed by atoms with van der Waals surface area (Å²) < 4.78 is 5.90. The van der Waals surface area contributed by atoms with Gasteiger partial charge in [0.1, 0.15) is 0 Å². The van der Waals surface area contributed by atoms with Crippen LogP contribution in [0, 0.1) is 5.41 Å². The molecule has 3 nitrogen and oxygen atoms in total. The number of rotatable bonds is 7. The number of ether oxygens (including phenoxy) is 1. The maximum Gasteiger partial charge on any atom is 0.306 e. The summed E-state index contributed by atoms with van der Waals surface area (Å²) in [5.74, 6) is 0.849. The van der Waals surface area contributed by atoms with Crippen LogP contribution in [0.3, 0.4) is 0 Å². The third-order valence-electron chi connectivity index (χ3n) is 3.96. The minimum absolute atomic E-state index is 0.0580. The minimum Gasteiger partial charge on any atom is -0.469 e. The van der Waals surface area contributed by atoms with Gasteiger partial charge in [-0.15, -0.1) is 0 Å². The molecule has 1 fully saturated rings. The lowest BCUT2D eigenvalue weighted by molar-refractivity contribution is -0.141. The summed E-state index contributed by atoms with van der Waals surface area (Å²) in [5, 5.41) is 0.232. The van der Waals surface area contributed by atoms with Crippen molar-refractivity contribution in [3.8, 4) is 0 Å². The largest absolute Gasteiger partial charge is 0.469 e. The Kier molecular flexibility index (Phi) is 5.74. The molecule has 0 heterocycles. The molecule has 1 saturated carbocycles. The third kappa shape index (κ3) is 4.47. The molecule has 5 heteroatoms. The number of hydrogen-bond acceptors (Lipinski definition) is 4. The summed E-state index contributed by atoms with van der Waals surface area (Å²) in [6.45, 7) is 2.04. The smallest absolute Gasteiger partial charge is 0.306 e. The fourth-order valence-corrected chi connectivity index (χ4v) is 4.72. The number of carbonyl (C=O) groups is 1. The lowest BCUT2D eigenvalue weighted by Crippen LogP contribution is -2.24. The molecular weight excluding hydrogens is 350 g/mol. The van der Waals surface area contributed by atoms with E-state index in [2.05, 4.69) is 22.0 Å². The van der Waals surface area contributed by atoms with Crippen LogP contribution < -0.4 is 5.73 Å². The molecule has 0 aromatic heterocycles. The van der Waals surface area contributed by atoms with E-state index in [1.807, 2.05) is 36.9 Å². The third-order valence-corrected chi connectivity index (χ3v) is 6.51. The lowest BCUT2D eigenvalue weighted by atomic mass is 10.1. The summed E-state index contributed by atoms with van der Waals surface area (Å²) in [4.78, 5) is 11.5. The van der Waals surface area contributed by atoms with E-state index in [-0.39, 0.29) is 22.7 Å². The van der Waals surface area contributed by atoms with E-state index >= 15 is 0 Å². The molecule has 0 aliphatic heterocycles. The van der Waals surface area contributed by atoms with Gasteiger partial charge in [-0.2, -0.15) is 11.8 Å². The van der Waals surface area contributed by atoms with Crippen molar-refractivity contribution in [1.29, 1.82) is 0 Å². The summed E-state index contributed by atoms with van der Waals surface area (Å²) in [7, 11) is 1.46. The van der Waals surface area contributed by atoms with Gasteiger partial charge >= 0.3 is 5.97 Å². The number of methoxy groups -OCH3 is 1. The first-order valence-electron chi connectivity index (χ1n) is 7.16. The number of hydrogen-bond donors (Lipinski definition) is 1. The van der Waals surface area contributed by atoms with Gasteiger partial charge in [0.05, 0.1) is 13.5 Å². The quantitative estimate of drug-likeness (QED) is 0.738. The standard InChI is InChI=1S/C16H22BrNO2S/c1-11(18)15(12-5-3-4-6-13(12)17)21-10-16(7-8-16)9-14(19)20-2/h3-6,11,15H,7-10,18H2,1-2H3. The second-order valence-corrected chi connectivity index (χ2v) is 7.85. The van der Waals surface area contributed by atoms with E-state index in [1.54, 1.807) is 0 Å². The molecule has 1 aliphatic carbocycles. The predicted molar refractivity (Wildman–Crippen MR) is 91.3 cm³/mol. The molecule has 1 aromatic rings. The molecule has 1 aliphatic rings. The van der Waals surface area contributed by atoms with E-state index in [0.717, 1.165) is 23.1 Å². The van der Waals surface area contributed by atoms with Crippen LogP contribution in [0.15, 0.2) is 28.7 Å². The Labute approximate surface area is 139 Å². The van der Waals surface area contributed by atoms with Crippen molar-refractivity contribution in [2.75, 3.05) is 12.9 Å². The van der Waals surface area contributed by atoms with Gasteiger partial charge in [-0.25, -0.2) is 0 Å². The maximum absolute atomic E-state index is 11.5. The molecule has 0 bridgehead atoms. The van der Waals surface area contributed by atoms with Crippen LogP contribution in [0.2, 0.25) is 0 Å². The molecule has 2 unspecified atom stereocenters. The monoisotopic (exact) mass is 371 g/mol. The highest BCUT2D eigenvalue weighted by molar-refractivity contribution is 9.10. The predicted octanol–water partition coefficient (Wildman–Crippen LogP) is 3.91. The van der Waals surface area contributed by atoms with E-state index in [4.69, 9.17) is 10.5 Å². The fourth-order valence-electron chi connectivity index (χ4n) is 2.42. The van der Waals surface area contributed by atoms with Gasteiger partial charge in [0, 0.05) is 21.5 Å². The van der Waals surface area contributed by atoms with E-state index < -0.39 is 0 Å². The van der Waals surface area contributed by atoms with Crippen molar-refractivity contribution >= 4 is 33.7 Å². The van der Waals surface area contributed by atoms with Gasteiger partial charge in [-0.05, 0) is 36.8 Å². The molecular formula is C16H22BrNO2S. The van der Waals surface area contributed by atoms with E-state index in [1.165, 1.54) is 12.7 Å². The number of halogens is 1. The van der Waals surface area contributed by atoms with Gasteiger partial charge < -0.3 is 10.5 Å². The molecule has 2 rings (SSSR count). The summed E-state index contributed by atoms with van der Waals surface area (Å²) in [6.07, 6.45) is 2.74. The van der Waals surface area contributed by atoms with Gasteiger partial charge in [0.25, 0.3) is 0 Å². The second kappa shape index (κ2) is 7.16. The number of thioether (sulfide) groups is 1. The Balaban J connectivity index is 2.02. The normalized spacial score (nSPS) is 18.9. The van der Waals surface area contributed by atoms with Gasteiger partial charge in [0.2, 0.25) is 0 Å². The Morgan fingerprint density at radius 2 is 2.14 bits per heavy atom. The van der Waals surface area contributed by atoms with Crippen LogP contribution in [-0.2, 0) is 9.53 Å². The van der Waals surface area contributed by atoms with Gasteiger partial charge in [-0.3, -0.25) is 4.79 Å². The summed E-state index contributed by atoms with van der Waals surface area (Å²) in [6, 6.07) is 8.27. The van der Waals surface area contributed by atoms with Crippen molar-refractivity contribution < 1.29 is 9.53 Å². The first-order chi connectivity index (χ1) is 9.97. The fraction of sp³-hybridized carbons (Fsp3) is 0.562. The van der Waals surface area contributed by atoms with Gasteiger partial charge in [-0.1, -0.05) is 34.1 Å². The lowest BCUT2D eigenvalue weighted by Gasteiger charge is -2.24. The molecule has 0 saturated heterocycles. The molecule has 0 amide bonds. The van der Waals surface area contributed by atoms with Crippen LogP contribution in [0.1, 0.15) is 37.0 Å². The molecule has 21 heavy (non-hydrogen) atoms. The van der Waals surface area contributed by atoms with Crippen LogP contribution in [0.4, 0.5) is 0 Å². The zero-order valence-electron chi connectivity index (χ0n) is 12.5. The molecule has 0 spiro atoms. The minimum atomic E-state index is -0.105. The summed E-state index contributed by atoms with van der Waals surface area (Å²) >= 11 is 5.47. The first-order valence-corrected chi connectivity index (χ1v) is 9.00. The Morgan fingerprint density at radius 1 is 1.48 bits per heavy atom. The number of benzene rings is 1. The first kappa shape index (κ1) is 16.8. The second-order valence-electron chi connectivity index (χ2n) is 5.87. The zero-order chi connectivity index (χ0) is 15.5. The highest BCUT2D eigenvalue weighted by Gasteiger charge is 2.45. The van der Waals surface area contributed by atoms with Gasteiger partial charge in [0.15, 0.2) is 0 Å². The molecule has 0 radical (unpaired) electrons. The van der Waals surface area contributed by atoms with Crippen LogP contribution in [-0.4, -0.2) is 24.9 Å². The molecule has 2 atom stereocenters. The Hall–Kier alpha value is -0.520. The van der Waals surface area contributed by atoms with Crippen molar-refractivity contribution in [3.63, 3.8) is 0 Å². The Bertz CT molecular complexity index is 503. The van der Waals surface area contributed by atoms with E-state index in [0.29, 0.717) is 6.42 Å². The average molecular weight is 372 g/mol. The zero-order valence-corrected chi connectivity index (χ0v) is 14.9. The van der Waals surface area contributed by atoms with Crippen molar-refractivity contribution in [1.82, 2.24) is 0 Å². The topological polar surface area (TPSA) is 52.3 Å². The van der Waals surface area contributed by atoms with Crippen LogP contribution in [0.5, 0.6) is 0 Å². The Morgan fingerprint density at radius 3 is 2.67 bits per heavy atom. The SMILES string of the molecule is COC(=O)CC1(CSC(c2ccccc2Br)C(C)N)CC1. The van der Waals surface area contributed by atoms with Crippen molar-refractivity contribution in [2.45, 2.75) is 37.5 Å². The molecule has 2 N–H and O–H groups in total. The average Bonchev–Trinajstić information content (AvgIpc) is 3.20. The highest BCUT2D eigenvalue weighted by atomic mass is 79.9. The number of carbonyl (C=O) groups excluding carboxylic acids is 1. The van der Waals surface area contributed by atoms with Crippen molar-refractivity contribution in [3.05, 3.63) is 34.3 Å². The van der Waals surface area contributed by atoms with E-state index in [9.17, 15) is 4.79 Å². The number of esters is 1. The molecule has 1 aromatic carbocycles. The maximum atomic E-state index is 11.5. The van der Waals surface area contributed by atoms with Crippen molar-refractivity contribution in [2.24, 2.45) is 11.1 Å². The van der Waals surface area contributed by atoms with Crippen LogP contribution >= 0.6 is 27.7 Å². The highest BCUT2D eigenvalue weighted by Crippen LogP contribution is 2.53. The summed E-state index contributed by atoms with van der Waals surface area (Å²) in [5.41, 5.74) is 7.54. The number of nitrogens with two attached hydrogens (primary N) is 1. The van der Waals surface area contributed by atoms with Crippen LogP contribution in [0.25, 0.3) is 0 Å². The molecule has 116 valence electrons.